The summed E-state index contributed by atoms with van der Waals surface area (Å²) in [6.07, 6.45) is 2.50. The fraction of sp³-hybridized carbons (Fsp3) is 0.474. The summed E-state index contributed by atoms with van der Waals surface area (Å²) in [5, 5.41) is 3.23. The van der Waals surface area contributed by atoms with Crippen LogP contribution in [0.5, 0.6) is 0 Å². The third-order valence-corrected chi connectivity index (χ3v) is 10.3. The van der Waals surface area contributed by atoms with E-state index in [1.165, 1.54) is 27.8 Å². The number of halogens is 1. The van der Waals surface area contributed by atoms with Crippen molar-refractivity contribution in [2.45, 2.75) is 42.5 Å². The Bertz CT molecular complexity index is 1130. The van der Waals surface area contributed by atoms with Crippen molar-refractivity contribution in [2.75, 3.05) is 25.5 Å². The van der Waals surface area contributed by atoms with Crippen LogP contribution in [0.1, 0.15) is 40.1 Å². The van der Waals surface area contributed by atoms with Gasteiger partial charge in [-0.15, -0.1) is 22.7 Å². The van der Waals surface area contributed by atoms with Crippen LogP contribution in [-0.2, 0) is 27.8 Å². The molecule has 1 unspecified atom stereocenters. The van der Waals surface area contributed by atoms with Gasteiger partial charge in [0.1, 0.15) is 15.3 Å². The number of primary amides is 1. The van der Waals surface area contributed by atoms with E-state index in [0.717, 1.165) is 34.7 Å². The molecule has 2 aromatic rings. The average Bonchev–Trinajstić information content (AvgIpc) is 3.31. The van der Waals surface area contributed by atoms with Crippen molar-refractivity contribution in [1.29, 1.82) is 0 Å². The highest BCUT2D eigenvalue weighted by atomic mass is 35.5. The number of amides is 2. The molecule has 8 nitrogen and oxygen atoms in total. The van der Waals surface area contributed by atoms with Gasteiger partial charge in [-0.05, 0) is 44.0 Å². The SMILES string of the molecule is CN1CCc2c(sc(NC(=O)C3CCCCN3S(=O)(=O)c3ccc(Cl)s3)c2C(N)=O)C1. The molecule has 0 spiro atoms. The molecule has 168 valence electrons. The Hall–Kier alpha value is -1.50. The summed E-state index contributed by atoms with van der Waals surface area (Å²) in [6.45, 7) is 1.74. The number of hydrogen-bond acceptors (Lipinski definition) is 7. The number of piperidine rings is 1. The fourth-order valence-electron chi connectivity index (χ4n) is 4.08. The van der Waals surface area contributed by atoms with Crippen LogP contribution in [0.2, 0.25) is 4.34 Å². The summed E-state index contributed by atoms with van der Waals surface area (Å²) in [5.74, 6) is -1.03. The standard InChI is InChI=1S/C19H23ClN4O4S3/c1-23-9-7-11-13(10-23)29-19(16(11)17(21)25)22-18(26)12-4-2-3-8-24(12)31(27,28)15-6-5-14(20)30-15/h5-6,12H,2-4,7-10H2,1H3,(H2,21,25)(H,22,26). The molecular formula is C19H23ClN4O4S3. The monoisotopic (exact) mass is 502 g/mol. The van der Waals surface area contributed by atoms with E-state index in [0.29, 0.717) is 40.7 Å². The smallest absolute Gasteiger partial charge is 0.253 e. The molecule has 1 saturated heterocycles. The van der Waals surface area contributed by atoms with Crippen molar-refractivity contribution in [2.24, 2.45) is 5.73 Å². The molecule has 0 saturated carbocycles. The molecule has 2 aliphatic rings. The first-order valence-corrected chi connectivity index (χ1v) is 13.3. The Morgan fingerprint density at radius 2 is 2.00 bits per heavy atom. The van der Waals surface area contributed by atoms with Gasteiger partial charge in [0, 0.05) is 24.5 Å². The number of carbonyl (C=O) groups is 2. The zero-order valence-corrected chi connectivity index (χ0v) is 20.1. The Morgan fingerprint density at radius 1 is 1.23 bits per heavy atom. The lowest BCUT2D eigenvalue weighted by Crippen LogP contribution is -2.49. The molecule has 2 aliphatic heterocycles. The second kappa shape index (κ2) is 8.80. The normalized spacial score (nSPS) is 20.4. The lowest BCUT2D eigenvalue weighted by atomic mass is 10.0. The predicted molar refractivity (Wildman–Crippen MR) is 122 cm³/mol. The van der Waals surface area contributed by atoms with Gasteiger partial charge in [0.2, 0.25) is 5.91 Å². The number of nitrogens with zero attached hydrogens (tertiary/aromatic N) is 2. The number of anilines is 1. The number of hydrogen-bond donors (Lipinski definition) is 2. The molecule has 3 N–H and O–H groups in total. The summed E-state index contributed by atoms with van der Waals surface area (Å²) >= 11 is 8.24. The van der Waals surface area contributed by atoms with Gasteiger partial charge in [-0.2, -0.15) is 4.31 Å². The van der Waals surface area contributed by atoms with Crippen LogP contribution in [0.25, 0.3) is 0 Å². The zero-order valence-electron chi connectivity index (χ0n) is 16.9. The number of rotatable bonds is 5. The van der Waals surface area contributed by atoms with E-state index in [4.69, 9.17) is 17.3 Å². The maximum Gasteiger partial charge on any atom is 0.253 e. The van der Waals surface area contributed by atoms with Gasteiger partial charge in [0.25, 0.3) is 15.9 Å². The fourth-order valence-corrected chi connectivity index (χ4v) is 8.69. The first-order chi connectivity index (χ1) is 14.7. The number of nitrogens with one attached hydrogen (secondary N) is 1. The van der Waals surface area contributed by atoms with Gasteiger partial charge in [-0.25, -0.2) is 8.42 Å². The van der Waals surface area contributed by atoms with Gasteiger partial charge < -0.3 is 16.0 Å². The van der Waals surface area contributed by atoms with E-state index in [-0.39, 0.29) is 10.8 Å². The van der Waals surface area contributed by atoms with E-state index in [1.807, 2.05) is 7.05 Å². The average molecular weight is 503 g/mol. The van der Waals surface area contributed by atoms with Crippen LogP contribution >= 0.6 is 34.3 Å². The summed E-state index contributed by atoms with van der Waals surface area (Å²) in [4.78, 5) is 28.5. The zero-order chi connectivity index (χ0) is 22.3. The second-order valence-corrected chi connectivity index (χ2v) is 12.7. The van der Waals surface area contributed by atoms with E-state index >= 15 is 0 Å². The summed E-state index contributed by atoms with van der Waals surface area (Å²) < 4.78 is 28.1. The van der Waals surface area contributed by atoms with E-state index in [2.05, 4.69) is 10.2 Å². The van der Waals surface area contributed by atoms with Crippen molar-refractivity contribution < 1.29 is 18.0 Å². The summed E-state index contributed by atoms with van der Waals surface area (Å²) in [5.41, 5.74) is 6.86. The highest BCUT2D eigenvalue weighted by Gasteiger charge is 2.39. The van der Waals surface area contributed by atoms with Gasteiger partial charge in [-0.3, -0.25) is 9.59 Å². The molecule has 1 fully saturated rings. The highest BCUT2D eigenvalue weighted by Crippen LogP contribution is 2.37. The van der Waals surface area contributed by atoms with E-state index in [1.54, 1.807) is 0 Å². The molecule has 4 rings (SSSR count). The van der Waals surface area contributed by atoms with E-state index < -0.39 is 27.9 Å². The molecule has 12 heteroatoms. The van der Waals surface area contributed by atoms with Crippen molar-refractivity contribution >= 4 is 61.1 Å². The highest BCUT2D eigenvalue weighted by molar-refractivity contribution is 7.91. The molecular weight excluding hydrogens is 480 g/mol. The van der Waals surface area contributed by atoms with Crippen LogP contribution < -0.4 is 11.1 Å². The Balaban J connectivity index is 1.62. The molecule has 0 radical (unpaired) electrons. The number of carbonyl (C=O) groups excluding carboxylic acids is 2. The number of fused-ring (bicyclic) bond motifs is 1. The van der Waals surface area contributed by atoms with Crippen LogP contribution in [0, 0.1) is 0 Å². The maximum atomic E-state index is 13.2. The molecule has 31 heavy (non-hydrogen) atoms. The largest absolute Gasteiger partial charge is 0.365 e. The summed E-state index contributed by atoms with van der Waals surface area (Å²) in [6, 6.07) is 2.13. The van der Waals surface area contributed by atoms with Crippen molar-refractivity contribution in [3.63, 3.8) is 0 Å². The minimum Gasteiger partial charge on any atom is -0.365 e. The van der Waals surface area contributed by atoms with Gasteiger partial charge >= 0.3 is 0 Å². The van der Waals surface area contributed by atoms with Crippen LogP contribution in [0.4, 0.5) is 5.00 Å². The first-order valence-electron chi connectivity index (χ1n) is 9.89. The molecule has 0 aliphatic carbocycles. The van der Waals surface area contributed by atoms with Gasteiger partial charge in [0.15, 0.2) is 0 Å². The molecule has 1 atom stereocenters. The lowest BCUT2D eigenvalue weighted by Gasteiger charge is -2.33. The minimum atomic E-state index is -3.85. The van der Waals surface area contributed by atoms with Crippen LogP contribution in [-0.4, -0.2) is 55.6 Å². The quantitative estimate of drug-likeness (QED) is 0.652. The maximum absolute atomic E-state index is 13.2. The number of sulfonamides is 1. The molecule has 4 heterocycles. The molecule has 0 aromatic carbocycles. The topological polar surface area (TPSA) is 113 Å². The third-order valence-electron chi connectivity index (χ3n) is 5.60. The molecule has 2 amide bonds. The minimum absolute atomic E-state index is 0.115. The Labute approximate surface area is 194 Å². The Morgan fingerprint density at radius 3 is 2.68 bits per heavy atom. The lowest BCUT2D eigenvalue weighted by molar-refractivity contribution is -0.120. The third kappa shape index (κ3) is 4.39. The molecule has 0 bridgehead atoms. The second-order valence-electron chi connectivity index (χ2n) is 7.74. The number of thiophene rings is 2. The van der Waals surface area contributed by atoms with Crippen molar-refractivity contribution in [3.05, 3.63) is 32.5 Å². The van der Waals surface area contributed by atoms with Crippen molar-refractivity contribution in [3.8, 4) is 0 Å². The van der Waals surface area contributed by atoms with E-state index in [9.17, 15) is 18.0 Å². The van der Waals surface area contributed by atoms with Crippen LogP contribution in [0.15, 0.2) is 16.3 Å². The number of likely N-dealkylation sites (N-methyl/N-ethyl adjacent to an activating group) is 1. The van der Waals surface area contributed by atoms with Crippen LogP contribution in [0.3, 0.4) is 0 Å². The first kappa shape index (κ1) is 22.7. The van der Waals surface area contributed by atoms with Crippen molar-refractivity contribution in [1.82, 2.24) is 9.21 Å². The summed E-state index contributed by atoms with van der Waals surface area (Å²) in [7, 11) is -1.86. The Kier molecular flexibility index (Phi) is 6.44. The van der Waals surface area contributed by atoms with Gasteiger partial charge in [0.05, 0.1) is 9.90 Å². The van der Waals surface area contributed by atoms with Gasteiger partial charge in [-0.1, -0.05) is 18.0 Å². The predicted octanol–water partition coefficient (Wildman–Crippen LogP) is 2.73. The number of nitrogens with two attached hydrogens (primary N) is 1. The molecule has 2 aromatic heterocycles.